The highest BCUT2D eigenvalue weighted by atomic mass is 32.2. The van der Waals surface area contributed by atoms with E-state index in [0.717, 1.165) is 19.5 Å². The molecule has 20 heavy (non-hydrogen) atoms. The molecule has 2 heterocycles. The van der Waals surface area contributed by atoms with Gasteiger partial charge >= 0.3 is 0 Å². The van der Waals surface area contributed by atoms with Crippen LogP contribution in [0.5, 0.6) is 0 Å². The van der Waals surface area contributed by atoms with Gasteiger partial charge < -0.3 is 5.32 Å². The maximum Gasteiger partial charge on any atom is 0.152 e. The van der Waals surface area contributed by atoms with E-state index in [1.165, 1.54) is 0 Å². The highest BCUT2D eigenvalue weighted by molar-refractivity contribution is 7.91. The summed E-state index contributed by atoms with van der Waals surface area (Å²) in [5.41, 5.74) is -0.178. The van der Waals surface area contributed by atoms with Crippen LogP contribution in [0.4, 0.5) is 0 Å². The van der Waals surface area contributed by atoms with Crippen LogP contribution in [-0.4, -0.2) is 55.5 Å². The predicted molar refractivity (Wildman–Crippen MR) is 83.6 cm³/mol. The van der Waals surface area contributed by atoms with Gasteiger partial charge in [0, 0.05) is 30.7 Å². The minimum Gasteiger partial charge on any atom is -0.311 e. The van der Waals surface area contributed by atoms with Crippen molar-refractivity contribution in [1.29, 1.82) is 0 Å². The van der Waals surface area contributed by atoms with Gasteiger partial charge in [0.25, 0.3) is 0 Å². The third-order valence-electron chi connectivity index (χ3n) is 5.13. The molecule has 2 saturated heterocycles. The van der Waals surface area contributed by atoms with Crippen molar-refractivity contribution in [3.8, 4) is 0 Å². The Balaban J connectivity index is 2.23. The van der Waals surface area contributed by atoms with Gasteiger partial charge in [0.1, 0.15) is 0 Å². The molecule has 0 bridgehead atoms. The third kappa shape index (κ3) is 3.20. The quantitative estimate of drug-likeness (QED) is 0.859. The Morgan fingerprint density at radius 2 is 1.85 bits per heavy atom. The molecule has 0 aromatic heterocycles. The average molecular weight is 302 g/mol. The monoisotopic (exact) mass is 302 g/mol. The first-order chi connectivity index (χ1) is 9.15. The zero-order valence-electron chi connectivity index (χ0n) is 13.5. The van der Waals surface area contributed by atoms with E-state index in [1.54, 1.807) is 0 Å². The van der Waals surface area contributed by atoms with Crippen molar-refractivity contribution in [2.24, 2.45) is 11.8 Å². The third-order valence-corrected chi connectivity index (χ3v) is 7.02. The number of hydrogen-bond donors (Lipinski definition) is 1. The van der Waals surface area contributed by atoms with Gasteiger partial charge in [-0.05, 0) is 25.2 Å². The topological polar surface area (TPSA) is 49.4 Å². The van der Waals surface area contributed by atoms with E-state index >= 15 is 0 Å². The van der Waals surface area contributed by atoms with Crippen LogP contribution >= 0.6 is 0 Å². The zero-order chi connectivity index (χ0) is 15.1. The fourth-order valence-corrected chi connectivity index (χ4v) is 5.83. The summed E-state index contributed by atoms with van der Waals surface area (Å²) in [7, 11) is -2.85. The summed E-state index contributed by atoms with van der Waals surface area (Å²) in [5.74, 6) is 1.79. The lowest BCUT2D eigenvalue weighted by Crippen LogP contribution is -2.66. The molecule has 1 N–H and O–H groups in total. The molecule has 3 unspecified atom stereocenters. The van der Waals surface area contributed by atoms with E-state index in [9.17, 15) is 8.42 Å². The molecule has 2 aliphatic heterocycles. The van der Waals surface area contributed by atoms with Crippen molar-refractivity contribution in [3.05, 3.63) is 0 Å². The molecule has 0 aromatic carbocycles. The van der Waals surface area contributed by atoms with Crippen LogP contribution < -0.4 is 5.32 Å². The predicted octanol–water partition coefficient (Wildman–Crippen LogP) is 1.52. The van der Waals surface area contributed by atoms with Crippen molar-refractivity contribution >= 4 is 9.84 Å². The molecule has 0 aromatic rings. The lowest BCUT2D eigenvalue weighted by molar-refractivity contribution is 0.00617. The summed E-state index contributed by atoms with van der Waals surface area (Å²) < 4.78 is 23.9. The van der Waals surface area contributed by atoms with Crippen LogP contribution in [0.1, 0.15) is 41.0 Å². The molecule has 2 rings (SSSR count). The van der Waals surface area contributed by atoms with E-state index in [4.69, 9.17) is 0 Å². The van der Waals surface area contributed by atoms with Crippen molar-refractivity contribution in [3.63, 3.8) is 0 Å². The zero-order valence-corrected chi connectivity index (χ0v) is 14.3. The summed E-state index contributed by atoms with van der Waals surface area (Å²) >= 11 is 0. The largest absolute Gasteiger partial charge is 0.311 e. The van der Waals surface area contributed by atoms with Crippen LogP contribution in [-0.2, 0) is 9.84 Å². The highest BCUT2D eigenvalue weighted by Crippen LogP contribution is 2.34. The molecule has 0 saturated carbocycles. The molecule has 0 spiro atoms. The van der Waals surface area contributed by atoms with Crippen LogP contribution in [0.15, 0.2) is 0 Å². The Morgan fingerprint density at radius 3 is 2.30 bits per heavy atom. The second-order valence-corrected chi connectivity index (χ2v) is 9.75. The summed E-state index contributed by atoms with van der Waals surface area (Å²) in [4.78, 5) is 2.50. The molecule has 118 valence electrons. The van der Waals surface area contributed by atoms with Crippen LogP contribution in [0.2, 0.25) is 0 Å². The Labute approximate surface area is 124 Å². The van der Waals surface area contributed by atoms with Gasteiger partial charge in [-0.25, -0.2) is 8.42 Å². The van der Waals surface area contributed by atoms with Crippen molar-refractivity contribution in [2.45, 2.75) is 58.7 Å². The average Bonchev–Trinajstić information content (AvgIpc) is 2.63. The Morgan fingerprint density at radius 1 is 1.20 bits per heavy atom. The van der Waals surface area contributed by atoms with Gasteiger partial charge in [0.2, 0.25) is 0 Å². The fraction of sp³-hybridized carbons (Fsp3) is 1.00. The van der Waals surface area contributed by atoms with Gasteiger partial charge in [0.15, 0.2) is 9.84 Å². The highest BCUT2D eigenvalue weighted by Gasteiger charge is 2.47. The van der Waals surface area contributed by atoms with Gasteiger partial charge in [0.05, 0.1) is 11.5 Å². The second-order valence-electron chi connectivity index (χ2n) is 7.56. The fourth-order valence-electron chi connectivity index (χ4n) is 3.68. The number of rotatable bonds is 3. The molecular formula is C15H30N2O2S. The normalized spacial score (nSPS) is 38.8. The van der Waals surface area contributed by atoms with Crippen LogP contribution in [0.3, 0.4) is 0 Å². The van der Waals surface area contributed by atoms with Crippen molar-refractivity contribution in [1.82, 2.24) is 10.2 Å². The standard InChI is InChI=1S/C15H30N2O2S/c1-11(2)13-9-17(14(8-16-13)12(3)4)15(5)6-7-20(18,19)10-15/h11-14,16H,6-10H2,1-5H3. The van der Waals surface area contributed by atoms with Crippen LogP contribution in [0, 0.1) is 11.8 Å². The summed E-state index contributed by atoms with van der Waals surface area (Å²) in [6.07, 6.45) is 0.781. The molecule has 2 aliphatic rings. The number of nitrogens with zero attached hydrogens (tertiary/aromatic N) is 1. The molecule has 5 heteroatoms. The smallest absolute Gasteiger partial charge is 0.152 e. The first-order valence-electron chi connectivity index (χ1n) is 7.85. The minimum absolute atomic E-state index is 0.178. The van der Waals surface area contributed by atoms with Crippen molar-refractivity contribution < 1.29 is 8.42 Å². The van der Waals surface area contributed by atoms with E-state index in [2.05, 4.69) is 44.8 Å². The second kappa shape index (κ2) is 5.58. The van der Waals surface area contributed by atoms with Gasteiger partial charge in [-0.1, -0.05) is 27.7 Å². The molecular weight excluding hydrogens is 272 g/mol. The minimum atomic E-state index is -2.85. The first-order valence-corrected chi connectivity index (χ1v) is 9.67. The summed E-state index contributed by atoms with van der Waals surface area (Å²) in [6.45, 7) is 13.0. The Hall–Kier alpha value is -0.130. The molecule has 3 atom stereocenters. The van der Waals surface area contributed by atoms with E-state index in [-0.39, 0.29) is 5.54 Å². The molecule has 4 nitrogen and oxygen atoms in total. The number of piperazine rings is 1. The lowest BCUT2D eigenvalue weighted by atomic mass is 9.87. The van der Waals surface area contributed by atoms with Gasteiger partial charge in [-0.15, -0.1) is 0 Å². The maximum absolute atomic E-state index is 11.9. The lowest BCUT2D eigenvalue weighted by Gasteiger charge is -2.51. The number of sulfone groups is 1. The SMILES string of the molecule is CC(C)C1CN(C2(C)CCS(=O)(=O)C2)C(C(C)C)CN1. The van der Waals surface area contributed by atoms with Gasteiger partial charge in [-0.3, -0.25) is 4.90 Å². The first kappa shape index (κ1) is 16.2. The van der Waals surface area contributed by atoms with E-state index in [0.29, 0.717) is 35.4 Å². The van der Waals surface area contributed by atoms with E-state index in [1.807, 2.05) is 0 Å². The van der Waals surface area contributed by atoms with Gasteiger partial charge in [-0.2, -0.15) is 0 Å². The molecule has 0 radical (unpaired) electrons. The Kier molecular flexibility index (Phi) is 4.53. The van der Waals surface area contributed by atoms with Crippen LogP contribution in [0.25, 0.3) is 0 Å². The summed E-state index contributed by atoms with van der Waals surface area (Å²) in [6, 6.07) is 0.897. The number of hydrogen-bond acceptors (Lipinski definition) is 4. The molecule has 0 amide bonds. The molecule has 2 fully saturated rings. The Bertz CT molecular complexity index is 447. The molecule has 0 aliphatic carbocycles. The maximum atomic E-state index is 11.9. The van der Waals surface area contributed by atoms with E-state index < -0.39 is 9.84 Å². The van der Waals surface area contributed by atoms with Crippen molar-refractivity contribution in [2.75, 3.05) is 24.6 Å². The number of nitrogens with one attached hydrogen (secondary N) is 1. The summed E-state index contributed by atoms with van der Waals surface area (Å²) in [5, 5.41) is 3.65.